The van der Waals surface area contributed by atoms with Gasteiger partial charge < -0.3 is 19.8 Å². The van der Waals surface area contributed by atoms with Gasteiger partial charge in [-0.3, -0.25) is 14.9 Å². The van der Waals surface area contributed by atoms with Gasteiger partial charge in [-0.25, -0.2) is 14.6 Å². The number of aromatic amines is 1. The van der Waals surface area contributed by atoms with Crippen molar-refractivity contribution in [3.63, 3.8) is 0 Å². The second-order valence-corrected chi connectivity index (χ2v) is 7.29. The van der Waals surface area contributed by atoms with Gasteiger partial charge in [0, 0.05) is 6.54 Å². The third-order valence-corrected chi connectivity index (χ3v) is 4.84. The third-order valence-electron chi connectivity index (χ3n) is 4.84. The van der Waals surface area contributed by atoms with E-state index in [1.165, 1.54) is 11.0 Å². The van der Waals surface area contributed by atoms with Gasteiger partial charge in [0.2, 0.25) is 24.5 Å². The first-order chi connectivity index (χ1) is 15.5. The lowest BCUT2D eigenvalue weighted by atomic mass is 10.2. The maximum atomic E-state index is 12.4. The standard InChI is InChI=1S/C21H19N7O4/c1-12-2-4-14-15(6-12)25-21(24-14)26-20(30)19-23-10-28(27-19)9-18(29)22-8-13-3-5-16-17(7-13)32-11-31-16/h2-7,10H,8-9,11H2,1H3,(H,22,29)(H2,24,25,26,30). The van der Waals surface area contributed by atoms with Gasteiger partial charge in [0.25, 0.3) is 5.91 Å². The Balaban J connectivity index is 1.16. The SMILES string of the molecule is Cc1ccc2nc(NC(=O)c3ncn(CC(=O)NCc4ccc5c(c4)OCO5)n3)[nH]c2c1. The summed E-state index contributed by atoms with van der Waals surface area (Å²) in [6.45, 7) is 2.42. The van der Waals surface area contributed by atoms with Crippen molar-refractivity contribution >= 4 is 28.8 Å². The van der Waals surface area contributed by atoms with E-state index >= 15 is 0 Å². The van der Waals surface area contributed by atoms with Crippen LogP contribution >= 0.6 is 0 Å². The largest absolute Gasteiger partial charge is 0.454 e. The Labute approximate surface area is 181 Å². The summed E-state index contributed by atoms with van der Waals surface area (Å²) in [5, 5.41) is 9.50. The van der Waals surface area contributed by atoms with Crippen molar-refractivity contribution in [3.05, 3.63) is 59.7 Å². The molecule has 5 rings (SSSR count). The molecular weight excluding hydrogens is 414 g/mol. The molecule has 0 aliphatic carbocycles. The molecule has 11 nitrogen and oxygen atoms in total. The van der Waals surface area contributed by atoms with Crippen molar-refractivity contribution in [1.82, 2.24) is 30.0 Å². The van der Waals surface area contributed by atoms with E-state index in [2.05, 4.69) is 30.7 Å². The lowest BCUT2D eigenvalue weighted by molar-refractivity contribution is -0.122. The van der Waals surface area contributed by atoms with E-state index in [0.29, 0.717) is 24.0 Å². The van der Waals surface area contributed by atoms with Crippen LogP contribution in [0.5, 0.6) is 11.5 Å². The number of imidazole rings is 1. The number of aryl methyl sites for hydroxylation is 1. The Hall–Kier alpha value is -4.41. The molecule has 0 radical (unpaired) electrons. The zero-order valence-electron chi connectivity index (χ0n) is 17.1. The van der Waals surface area contributed by atoms with Crippen LogP contribution in [0, 0.1) is 6.92 Å². The number of H-pyrrole nitrogens is 1. The van der Waals surface area contributed by atoms with Crippen LogP contribution in [0.25, 0.3) is 11.0 Å². The number of aromatic nitrogens is 5. The predicted molar refractivity (Wildman–Crippen MR) is 113 cm³/mol. The average Bonchev–Trinajstić information content (AvgIpc) is 3.50. The molecule has 2 aromatic carbocycles. The van der Waals surface area contributed by atoms with Crippen molar-refractivity contribution in [3.8, 4) is 11.5 Å². The number of anilines is 1. The van der Waals surface area contributed by atoms with Crippen LogP contribution < -0.4 is 20.1 Å². The number of hydrogen-bond acceptors (Lipinski definition) is 7. The number of nitrogens with one attached hydrogen (secondary N) is 3. The summed E-state index contributed by atoms with van der Waals surface area (Å²) in [6, 6.07) is 11.2. The van der Waals surface area contributed by atoms with Crippen LogP contribution in [0.3, 0.4) is 0 Å². The highest BCUT2D eigenvalue weighted by Crippen LogP contribution is 2.32. The number of nitrogens with zero attached hydrogens (tertiary/aromatic N) is 4. The van der Waals surface area contributed by atoms with Gasteiger partial charge in [0.05, 0.1) is 11.0 Å². The zero-order chi connectivity index (χ0) is 22.1. The second kappa shape index (κ2) is 8.02. The molecule has 0 saturated heterocycles. The summed E-state index contributed by atoms with van der Waals surface area (Å²) in [7, 11) is 0. The minimum absolute atomic E-state index is 0.0646. The van der Waals surface area contributed by atoms with Crippen LogP contribution in [0.1, 0.15) is 21.7 Å². The average molecular weight is 433 g/mol. The first-order valence-electron chi connectivity index (χ1n) is 9.86. The highest BCUT2D eigenvalue weighted by Gasteiger charge is 2.16. The first kappa shape index (κ1) is 19.5. The Morgan fingerprint density at radius 2 is 2.03 bits per heavy atom. The van der Waals surface area contributed by atoms with Crippen molar-refractivity contribution in [2.75, 3.05) is 12.1 Å². The topological polar surface area (TPSA) is 136 Å². The Kier molecular flexibility index (Phi) is 4.90. The van der Waals surface area contributed by atoms with E-state index in [4.69, 9.17) is 9.47 Å². The van der Waals surface area contributed by atoms with Gasteiger partial charge in [-0.1, -0.05) is 12.1 Å². The van der Waals surface area contributed by atoms with Crippen LogP contribution in [0.4, 0.5) is 5.95 Å². The Morgan fingerprint density at radius 3 is 2.94 bits per heavy atom. The molecular formula is C21H19N7O4. The molecule has 0 spiro atoms. The van der Waals surface area contributed by atoms with E-state index in [0.717, 1.165) is 22.2 Å². The summed E-state index contributed by atoms with van der Waals surface area (Å²) in [4.78, 5) is 36.0. The molecule has 3 N–H and O–H groups in total. The van der Waals surface area contributed by atoms with E-state index < -0.39 is 5.91 Å². The molecule has 0 atom stereocenters. The highest BCUT2D eigenvalue weighted by molar-refractivity contribution is 6.01. The number of rotatable bonds is 6. The quantitative estimate of drug-likeness (QED) is 0.421. The number of carbonyl (C=O) groups excluding carboxylic acids is 2. The van der Waals surface area contributed by atoms with Crippen LogP contribution in [0.2, 0.25) is 0 Å². The molecule has 0 fully saturated rings. The van der Waals surface area contributed by atoms with E-state index in [1.54, 1.807) is 6.07 Å². The predicted octanol–water partition coefficient (Wildman–Crippen LogP) is 1.76. The lowest BCUT2D eigenvalue weighted by Crippen LogP contribution is -2.27. The van der Waals surface area contributed by atoms with E-state index in [-0.39, 0.29) is 25.1 Å². The Morgan fingerprint density at radius 1 is 1.16 bits per heavy atom. The second-order valence-electron chi connectivity index (χ2n) is 7.29. The summed E-state index contributed by atoms with van der Waals surface area (Å²) < 4.78 is 11.9. The van der Waals surface area contributed by atoms with Crippen molar-refractivity contribution < 1.29 is 19.1 Å². The normalized spacial score (nSPS) is 12.2. The number of amides is 2. The van der Waals surface area contributed by atoms with Gasteiger partial charge in [-0.05, 0) is 42.3 Å². The molecule has 3 heterocycles. The van der Waals surface area contributed by atoms with Gasteiger partial charge in [0.1, 0.15) is 12.9 Å². The zero-order valence-corrected chi connectivity index (χ0v) is 17.1. The fourth-order valence-electron chi connectivity index (χ4n) is 3.28. The maximum Gasteiger partial charge on any atom is 0.297 e. The molecule has 1 aliphatic rings. The molecule has 0 bridgehead atoms. The first-order valence-corrected chi connectivity index (χ1v) is 9.86. The van der Waals surface area contributed by atoms with Crippen molar-refractivity contribution in [1.29, 1.82) is 0 Å². The van der Waals surface area contributed by atoms with Crippen LogP contribution in [0.15, 0.2) is 42.7 Å². The Bertz CT molecular complexity index is 1330. The summed E-state index contributed by atoms with van der Waals surface area (Å²) >= 11 is 0. The number of benzene rings is 2. The van der Waals surface area contributed by atoms with Gasteiger partial charge in [0.15, 0.2) is 11.5 Å². The molecule has 0 saturated carbocycles. The summed E-state index contributed by atoms with van der Waals surface area (Å²) in [5.74, 6) is 0.778. The van der Waals surface area contributed by atoms with Crippen LogP contribution in [-0.4, -0.2) is 43.3 Å². The molecule has 2 amide bonds. The number of fused-ring (bicyclic) bond motifs is 2. The van der Waals surface area contributed by atoms with E-state index in [9.17, 15) is 9.59 Å². The van der Waals surface area contributed by atoms with Crippen molar-refractivity contribution in [2.24, 2.45) is 0 Å². The molecule has 1 aliphatic heterocycles. The van der Waals surface area contributed by atoms with E-state index in [1.807, 2.05) is 37.3 Å². The van der Waals surface area contributed by atoms with Gasteiger partial charge >= 0.3 is 0 Å². The lowest BCUT2D eigenvalue weighted by Gasteiger charge is -2.06. The monoisotopic (exact) mass is 433 g/mol. The molecule has 4 aromatic rings. The fraction of sp³-hybridized carbons (Fsp3) is 0.190. The minimum atomic E-state index is -0.528. The number of carbonyl (C=O) groups is 2. The van der Waals surface area contributed by atoms with Crippen LogP contribution in [-0.2, 0) is 17.9 Å². The molecule has 32 heavy (non-hydrogen) atoms. The fourth-order valence-corrected chi connectivity index (χ4v) is 3.28. The number of ether oxygens (including phenoxy) is 2. The maximum absolute atomic E-state index is 12.4. The highest BCUT2D eigenvalue weighted by atomic mass is 16.7. The molecule has 0 unspecified atom stereocenters. The third kappa shape index (κ3) is 4.08. The molecule has 2 aromatic heterocycles. The molecule has 11 heteroatoms. The van der Waals surface area contributed by atoms with Gasteiger partial charge in [-0.2, -0.15) is 0 Å². The smallest absolute Gasteiger partial charge is 0.297 e. The number of hydrogen-bond donors (Lipinski definition) is 3. The van der Waals surface area contributed by atoms with Crippen molar-refractivity contribution in [2.45, 2.75) is 20.0 Å². The molecule has 162 valence electrons. The minimum Gasteiger partial charge on any atom is -0.454 e. The summed E-state index contributed by atoms with van der Waals surface area (Å²) in [6.07, 6.45) is 1.33. The summed E-state index contributed by atoms with van der Waals surface area (Å²) in [5.41, 5.74) is 3.51. The van der Waals surface area contributed by atoms with Gasteiger partial charge in [-0.15, -0.1) is 5.10 Å².